The largest absolute Gasteiger partial charge is 0.382 e. The van der Waals surface area contributed by atoms with E-state index in [9.17, 15) is 0 Å². The molecular weight excluding hydrogens is 246 g/mol. The molecule has 0 bridgehead atoms. The Morgan fingerprint density at radius 2 is 1.94 bits per heavy atom. The normalized spacial score (nSPS) is 12.6. The van der Waals surface area contributed by atoms with Crippen molar-refractivity contribution >= 4 is 11.6 Å². The van der Waals surface area contributed by atoms with Gasteiger partial charge >= 0.3 is 0 Å². The number of halogens is 1. The topological polar surface area (TPSA) is 21.3 Å². The summed E-state index contributed by atoms with van der Waals surface area (Å²) in [6, 6.07) is 8.16. The number of rotatable bonds is 9. The van der Waals surface area contributed by atoms with Crippen LogP contribution in [-0.2, 0) is 4.74 Å². The van der Waals surface area contributed by atoms with Crippen LogP contribution in [0.5, 0.6) is 0 Å². The third-order valence-corrected chi connectivity index (χ3v) is 3.23. The summed E-state index contributed by atoms with van der Waals surface area (Å²) < 4.78 is 5.46. The van der Waals surface area contributed by atoms with Gasteiger partial charge in [0.2, 0.25) is 0 Å². The first-order valence-corrected chi connectivity index (χ1v) is 7.19. The fourth-order valence-corrected chi connectivity index (χ4v) is 2.07. The molecule has 0 spiro atoms. The summed E-state index contributed by atoms with van der Waals surface area (Å²) in [6.07, 6.45) is 2.21. The zero-order chi connectivity index (χ0) is 13.2. The third kappa shape index (κ3) is 5.85. The standard InChI is InChI=1S/C15H24ClNO/c1-3-10-17-12-14(9-11-18-4-2)13-5-7-15(16)8-6-13/h5-8,14,17H,3-4,9-12H2,1-2H3. The summed E-state index contributed by atoms with van der Waals surface area (Å²) in [5.74, 6) is 0.500. The Kier molecular flexibility index (Phi) is 8.06. The van der Waals surface area contributed by atoms with E-state index in [1.807, 2.05) is 19.1 Å². The molecule has 0 radical (unpaired) electrons. The number of ether oxygens (including phenoxy) is 1. The fraction of sp³-hybridized carbons (Fsp3) is 0.600. The van der Waals surface area contributed by atoms with Gasteiger partial charge < -0.3 is 10.1 Å². The summed E-state index contributed by atoms with van der Waals surface area (Å²) in [5, 5.41) is 4.28. The van der Waals surface area contributed by atoms with Crippen molar-refractivity contribution < 1.29 is 4.74 Å². The maximum Gasteiger partial charge on any atom is 0.0472 e. The number of benzene rings is 1. The predicted molar refractivity (Wildman–Crippen MR) is 78.5 cm³/mol. The van der Waals surface area contributed by atoms with Gasteiger partial charge in [0.15, 0.2) is 0 Å². The Morgan fingerprint density at radius 3 is 2.56 bits per heavy atom. The summed E-state index contributed by atoms with van der Waals surface area (Å²) in [4.78, 5) is 0. The van der Waals surface area contributed by atoms with E-state index in [4.69, 9.17) is 16.3 Å². The van der Waals surface area contributed by atoms with Crippen molar-refractivity contribution in [3.63, 3.8) is 0 Å². The van der Waals surface area contributed by atoms with Gasteiger partial charge in [-0.3, -0.25) is 0 Å². The Bertz CT molecular complexity index is 303. The SMILES string of the molecule is CCCNCC(CCOCC)c1ccc(Cl)cc1. The average molecular weight is 270 g/mol. The zero-order valence-corrected chi connectivity index (χ0v) is 12.2. The molecule has 0 saturated heterocycles. The van der Waals surface area contributed by atoms with Gasteiger partial charge in [0.05, 0.1) is 0 Å². The molecule has 1 aromatic carbocycles. The molecule has 18 heavy (non-hydrogen) atoms. The monoisotopic (exact) mass is 269 g/mol. The predicted octanol–water partition coefficient (Wildman–Crippen LogP) is 3.85. The molecule has 1 aromatic rings. The van der Waals surface area contributed by atoms with Crippen LogP contribution in [0.1, 0.15) is 38.2 Å². The average Bonchev–Trinajstić information content (AvgIpc) is 2.38. The lowest BCUT2D eigenvalue weighted by molar-refractivity contribution is 0.139. The molecule has 0 aliphatic carbocycles. The lowest BCUT2D eigenvalue weighted by atomic mass is 9.96. The first-order valence-electron chi connectivity index (χ1n) is 6.81. The van der Waals surface area contributed by atoms with Gasteiger partial charge in [0, 0.05) is 24.8 Å². The quantitative estimate of drug-likeness (QED) is 0.688. The van der Waals surface area contributed by atoms with Crippen LogP contribution >= 0.6 is 11.6 Å². The van der Waals surface area contributed by atoms with Crippen LogP contribution in [-0.4, -0.2) is 26.3 Å². The molecule has 1 unspecified atom stereocenters. The Labute approximate surface area is 116 Å². The lowest BCUT2D eigenvalue weighted by Gasteiger charge is -2.18. The first kappa shape index (κ1) is 15.5. The highest BCUT2D eigenvalue weighted by atomic mass is 35.5. The van der Waals surface area contributed by atoms with Gasteiger partial charge in [-0.05, 0) is 49.9 Å². The molecule has 0 saturated carbocycles. The van der Waals surface area contributed by atoms with E-state index in [1.165, 1.54) is 12.0 Å². The molecule has 1 N–H and O–H groups in total. The minimum absolute atomic E-state index is 0.500. The summed E-state index contributed by atoms with van der Waals surface area (Å²) in [7, 11) is 0. The van der Waals surface area contributed by atoms with Crippen LogP contribution in [0.25, 0.3) is 0 Å². The number of hydrogen-bond acceptors (Lipinski definition) is 2. The van der Waals surface area contributed by atoms with Crippen molar-refractivity contribution in [1.82, 2.24) is 5.32 Å². The Morgan fingerprint density at radius 1 is 1.22 bits per heavy atom. The summed E-state index contributed by atoms with van der Waals surface area (Å²) in [6.45, 7) is 7.89. The first-order chi connectivity index (χ1) is 8.77. The lowest BCUT2D eigenvalue weighted by Crippen LogP contribution is -2.23. The highest BCUT2D eigenvalue weighted by Gasteiger charge is 2.11. The van der Waals surface area contributed by atoms with Crippen LogP contribution < -0.4 is 5.32 Å². The number of nitrogens with one attached hydrogen (secondary N) is 1. The second kappa shape index (κ2) is 9.37. The zero-order valence-electron chi connectivity index (χ0n) is 11.4. The van der Waals surface area contributed by atoms with Crippen LogP contribution in [0.4, 0.5) is 0 Å². The summed E-state index contributed by atoms with van der Waals surface area (Å²) in [5.41, 5.74) is 1.34. The van der Waals surface area contributed by atoms with Crippen LogP contribution in [0.3, 0.4) is 0 Å². The van der Waals surface area contributed by atoms with Gasteiger partial charge in [-0.25, -0.2) is 0 Å². The fourth-order valence-electron chi connectivity index (χ4n) is 1.94. The van der Waals surface area contributed by atoms with Gasteiger partial charge in [-0.1, -0.05) is 30.7 Å². The molecule has 1 rings (SSSR count). The molecule has 0 amide bonds. The second-order valence-electron chi connectivity index (χ2n) is 4.44. The van der Waals surface area contributed by atoms with Crippen LogP contribution in [0.2, 0.25) is 5.02 Å². The van der Waals surface area contributed by atoms with E-state index in [0.29, 0.717) is 5.92 Å². The van der Waals surface area contributed by atoms with E-state index < -0.39 is 0 Å². The molecule has 102 valence electrons. The van der Waals surface area contributed by atoms with Crippen LogP contribution in [0.15, 0.2) is 24.3 Å². The smallest absolute Gasteiger partial charge is 0.0472 e. The van der Waals surface area contributed by atoms with E-state index in [0.717, 1.165) is 37.7 Å². The van der Waals surface area contributed by atoms with Gasteiger partial charge in [-0.2, -0.15) is 0 Å². The van der Waals surface area contributed by atoms with Gasteiger partial charge in [0.1, 0.15) is 0 Å². The maximum atomic E-state index is 5.93. The molecule has 0 heterocycles. The van der Waals surface area contributed by atoms with E-state index in [2.05, 4.69) is 24.4 Å². The Hall–Kier alpha value is -0.570. The number of hydrogen-bond donors (Lipinski definition) is 1. The van der Waals surface area contributed by atoms with Crippen LogP contribution in [0, 0.1) is 0 Å². The maximum absolute atomic E-state index is 5.93. The minimum Gasteiger partial charge on any atom is -0.382 e. The van der Waals surface area contributed by atoms with E-state index in [1.54, 1.807) is 0 Å². The van der Waals surface area contributed by atoms with Crippen molar-refractivity contribution in [2.75, 3.05) is 26.3 Å². The molecule has 0 aromatic heterocycles. The molecule has 3 heteroatoms. The van der Waals surface area contributed by atoms with E-state index in [-0.39, 0.29) is 0 Å². The van der Waals surface area contributed by atoms with Crippen molar-refractivity contribution in [1.29, 1.82) is 0 Å². The molecule has 2 nitrogen and oxygen atoms in total. The highest BCUT2D eigenvalue weighted by molar-refractivity contribution is 6.30. The van der Waals surface area contributed by atoms with Gasteiger partial charge in [0.25, 0.3) is 0 Å². The molecule has 0 aliphatic heterocycles. The van der Waals surface area contributed by atoms with Crippen molar-refractivity contribution in [2.24, 2.45) is 0 Å². The molecule has 0 aliphatic rings. The second-order valence-corrected chi connectivity index (χ2v) is 4.87. The molecular formula is C15H24ClNO. The van der Waals surface area contributed by atoms with Crippen molar-refractivity contribution in [2.45, 2.75) is 32.6 Å². The summed E-state index contributed by atoms with van der Waals surface area (Å²) >= 11 is 5.93. The van der Waals surface area contributed by atoms with Gasteiger partial charge in [-0.15, -0.1) is 0 Å². The molecule has 1 atom stereocenters. The highest BCUT2D eigenvalue weighted by Crippen LogP contribution is 2.21. The van der Waals surface area contributed by atoms with Crippen molar-refractivity contribution in [3.8, 4) is 0 Å². The molecule has 0 fully saturated rings. The third-order valence-electron chi connectivity index (χ3n) is 2.97. The minimum atomic E-state index is 0.500. The van der Waals surface area contributed by atoms with Crippen molar-refractivity contribution in [3.05, 3.63) is 34.9 Å². The van der Waals surface area contributed by atoms with E-state index >= 15 is 0 Å². The Balaban J connectivity index is 2.54.